The van der Waals surface area contributed by atoms with Crippen molar-refractivity contribution in [2.24, 2.45) is 0 Å². The van der Waals surface area contributed by atoms with Crippen LogP contribution in [-0.4, -0.2) is 39.9 Å². The number of carbonyl (C=O) groups is 1. The monoisotopic (exact) mass is 379 g/mol. The van der Waals surface area contributed by atoms with E-state index in [0.29, 0.717) is 18.7 Å². The van der Waals surface area contributed by atoms with E-state index in [0.717, 1.165) is 48.3 Å². The minimum atomic E-state index is -0.151. The summed E-state index contributed by atoms with van der Waals surface area (Å²) in [4.78, 5) is 17.5. The first-order valence-electron chi connectivity index (χ1n) is 9.77. The molecule has 0 bridgehead atoms. The van der Waals surface area contributed by atoms with Crippen LogP contribution in [0.1, 0.15) is 35.7 Å². The van der Waals surface area contributed by atoms with Gasteiger partial charge in [-0.05, 0) is 25.3 Å². The lowest BCUT2D eigenvalue weighted by Crippen LogP contribution is -2.32. The molecule has 28 heavy (non-hydrogen) atoms. The molecule has 4 rings (SSSR count). The summed E-state index contributed by atoms with van der Waals surface area (Å²) in [5.41, 5.74) is 3.15. The fourth-order valence-corrected chi connectivity index (χ4v) is 3.52. The fourth-order valence-electron chi connectivity index (χ4n) is 3.52. The van der Waals surface area contributed by atoms with Gasteiger partial charge in [0.1, 0.15) is 0 Å². The second-order valence-corrected chi connectivity index (χ2v) is 6.97. The van der Waals surface area contributed by atoms with E-state index in [2.05, 4.69) is 20.7 Å². The predicted octanol–water partition coefficient (Wildman–Crippen LogP) is 2.97. The van der Waals surface area contributed by atoms with Gasteiger partial charge >= 0.3 is 0 Å². The number of rotatable bonds is 6. The molecular weight excluding hydrogens is 354 g/mol. The summed E-state index contributed by atoms with van der Waals surface area (Å²) in [7, 11) is 0. The topological polar surface area (TPSA) is 81.1 Å². The van der Waals surface area contributed by atoms with E-state index >= 15 is 0 Å². The summed E-state index contributed by atoms with van der Waals surface area (Å²) < 4.78 is 7.44. The Hall–Kier alpha value is -2.93. The van der Waals surface area contributed by atoms with Gasteiger partial charge in [0.05, 0.1) is 29.4 Å². The molecule has 1 unspecified atom stereocenters. The first-order chi connectivity index (χ1) is 13.8. The number of aryl methyl sites for hydroxylation is 1. The summed E-state index contributed by atoms with van der Waals surface area (Å²) in [5.74, 6) is -0.151. The average Bonchev–Trinajstić information content (AvgIpc) is 3.17. The maximum Gasteiger partial charge on any atom is 0.255 e. The third-order valence-electron chi connectivity index (χ3n) is 5.02. The SMILES string of the molecule is CCn1ncc2c(NC3CCCOC3)c(C(=O)NCc3ccccc3)cnc21. The summed E-state index contributed by atoms with van der Waals surface area (Å²) >= 11 is 0. The second kappa shape index (κ2) is 8.39. The van der Waals surface area contributed by atoms with Crippen molar-refractivity contribution in [3.63, 3.8) is 0 Å². The van der Waals surface area contributed by atoms with Crippen molar-refractivity contribution in [2.75, 3.05) is 18.5 Å². The van der Waals surface area contributed by atoms with Gasteiger partial charge in [-0.1, -0.05) is 30.3 Å². The molecule has 2 N–H and O–H groups in total. The molecule has 1 saturated heterocycles. The molecule has 0 spiro atoms. The zero-order chi connectivity index (χ0) is 19.3. The fraction of sp³-hybridized carbons (Fsp3) is 0.381. The number of amides is 1. The van der Waals surface area contributed by atoms with Crippen LogP contribution < -0.4 is 10.6 Å². The van der Waals surface area contributed by atoms with Crippen LogP contribution >= 0.6 is 0 Å². The lowest BCUT2D eigenvalue weighted by atomic mass is 10.1. The number of nitrogens with one attached hydrogen (secondary N) is 2. The Kier molecular flexibility index (Phi) is 5.53. The Morgan fingerprint density at radius 1 is 1.29 bits per heavy atom. The van der Waals surface area contributed by atoms with Crippen LogP contribution in [0.3, 0.4) is 0 Å². The molecule has 0 radical (unpaired) electrons. The largest absolute Gasteiger partial charge is 0.379 e. The third kappa shape index (κ3) is 3.84. The van der Waals surface area contributed by atoms with Gasteiger partial charge in [0.25, 0.3) is 5.91 Å². The Morgan fingerprint density at radius 3 is 2.89 bits per heavy atom. The molecule has 3 aromatic rings. The van der Waals surface area contributed by atoms with Gasteiger partial charge in [0.2, 0.25) is 0 Å². The van der Waals surface area contributed by atoms with Crippen molar-refractivity contribution >= 4 is 22.6 Å². The number of nitrogens with zero attached hydrogens (tertiary/aromatic N) is 3. The van der Waals surface area contributed by atoms with E-state index in [1.807, 2.05) is 41.9 Å². The van der Waals surface area contributed by atoms with Crippen molar-refractivity contribution in [3.8, 4) is 0 Å². The summed E-state index contributed by atoms with van der Waals surface area (Å²) in [6.07, 6.45) is 5.45. The van der Waals surface area contributed by atoms with Crippen LogP contribution in [0.15, 0.2) is 42.7 Å². The van der Waals surface area contributed by atoms with Crippen LogP contribution in [0.4, 0.5) is 5.69 Å². The summed E-state index contributed by atoms with van der Waals surface area (Å²) in [5, 5.41) is 11.8. The predicted molar refractivity (Wildman–Crippen MR) is 108 cm³/mol. The van der Waals surface area contributed by atoms with Crippen LogP contribution in [0.25, 0.3) is 11.0 Å². The normalized spacial score (nSPS) is 16.8. The van der Waals surface area contributed by atoms with E-state index in [-0.39, 0.29) is 11.9 Å². The van der Waals surface area contributed by atoms with Gasteiger partial charge < -0.3 is 15.4 Å². The highest BCUT2D eigenvalue weighted by atomic mass is 16.5. The van der Waals surface area contributed by atoms with Gasteiger partial charge in [-0.25, -0.2) is 9.67 Å². The number of aromatic nitrogens is 3. The zero-order valence-electron chi connectivity index (χ0n) is 16.0. The molecule has 2 aromatic heterocycles. The standard InChI is InChI=1S/C21H25N5O2/c1-2-26-20-17(13-24-26)19(25-16-9-6-10-28-14-16)18(12-22-20)21(27)23-11-15-7-4-3-5-8-15/h3-5,7-8,12-13,16H,2,6,9-11,14H2,1H3,(H,22,25)(H,23,27). The zero-order valence-corrected chi connectivity index (χ0v) is 16.0. The molecule has 1 aliphatic rings. The number of hydrogen-bond donors (Lipinski definition) is 2. The minimum Gasteiger partial charge on any atom is -0.379 e. The second-order valence-electron chi connectivity index (χ2n) is 6.97. The minimum absolute atomic E-state index is 0.151. The van der Waals surface area contributed by atoms with Crippen LogP contribution in [-0.2, 0) is 17.8 Å². The molecule has 3 heterocycles. The van der Waals surface area contributed by atoms with Crippen molar-refractivity contribution in [3.05, 3.63) is 53.9 Å². The van der Waals surface area contributed by atoms with Crippen LogP contribution in [0, 0.1) is 0 Å². The molecule has 0 aliphatic carbocycles. The van der Waals surface area contributed by atoms with Crippen molar-refractivity contribution in [1.29, 1.82) is 0 Å². The molecule has 7 nitrogen and oxygen atoms in total. The van der Waals surface area contributed by atoms with Gasteiger partial charge in [-0.2, -0.15) is 5.10 Å². The molecule has 1 amide bonds. The highest BCUT2D eigenvalue weighted by Crippen LogP contribution is 2.28. The molecular formula is C21H25N5O2. The van der Waals surface area contributed by atoms with E-state index < -0.39 is 0 Å². The lowest BCUT2D eigenvalue weighted by molar-refractivity contribution is 0.0874. The first-order valence-corrected chi connectivity index (χ1v) is 9.77. The first kappa shape index (κ1) is 18.4. The van der Waals surface area contributed by atoms with Gasteiger partial charge in [0, 0.05) is 31.9 Å². The molecule has 1 atom stereocenters. The molecule has 1 fully saturated rings. The average molecular weight is 379 g/mol. The van der Waals surface area contributed by atoms with Crippen LogP contribution in [0.5, 0.6) is 0 Å². The van der Waals surface area contributed by atoms with Crippen molar-refractivity contribution in [1.82, 2.24) is 20.1 Å². The number of fused-ring (bicyclic) bond motifs is 1. The summed E-state index contributed by atoms with van der Waals surface area (Å²) in [6.45, 7) is 4.65. The van der Waals surface area contributed by atoms with E-state index in [9.17, 15) is 4.79 Å². The molecule has 1 aromatic carbocycles. The highest BCUT2D eigenvalue weighted by Gasteiger charge is 2.22. The van der Waals surface area contributed by atoms with Gasteiger partial charge in [-0.15, -0.1) is 0 Å². The molecule has 0 saturated carbocycles. The van der Waals surface area contributed by atoms with Crippen molar-refractivity contribution < 1.29 is 9.53 Å². The maximum atomic E-state index is 13.0. The Morgan fingerprint density at radius 2 is 2.14 bits per heavy atom. The van der Waals surface area contributed by atoms with Gasteiger partial charge in [0.15, 0.2) is 5.65 Å². The van der Waals surface area contributed by atoms with Crippen molar-refractivity contribution in [2.45, 2.75) is 38.9 Å². The number of hydrogen-bond acceptors (Lipinski definition) is 5. The maximum absolute atomic E-state index is 13.0. The molecule has 1 aliphatic heterocycles. The Labute approximate surface area is 164 Å². The number of carbonyl (C=O) groups excluding carboxylic acids is 1. The Bertz CT molecular complexity index is 948. The lowest BCUT2D eigenvalue weighted by Gasteiger charge is -2.25. The van der Waals surface area contributed by atoms with E-state index in [1.54, 1.807) is 12.4 Å². The van der Waals surface area contributed by atoms with E-state index in [1.165, 1.54) is 0 Å². The number of ether oxygens (including phenoxy) is 1. The third-order valence-corrected chi connectivity index (χ3v) is 5.02. The van der Waals surface area contributed by atoms with E-state index in [4.69, 9.17) is 4.74 Å². The molecule has 146 valence electrons. The Balaban J connectivity index is 1.63. The smallest absolute Gasteiger partial charge is 0.255 e. The van der Waals surface area contributed by atoms with Crippen LogP contribution in [0.2, 0.25) is 0 Å². The quantitative estimate of drug-likeness (QED) is 0.688. The molecule has 7 heteroatoms. The summed E-state index contributed by atoms with van der Waals surface area (Å²) in [6, 6.07) is 10.0. The number of benzene rings is 1. The highest BCUT2D eigenvalue weighted by molar-refractivity contribution is 6.06. The van der Waals surface area contributed by atoms with Gasteiger partial charge in [-0.3, -0.25) is 4.79 Å². The number of pyridine rings is 1. The number of anilines is 1.